The van der Waals surface area contributed by atoms with E-state index in [-0.39, 0.29) is 6.42 Å². The molecule has 19 heavy (non-hydrogen) atoms. The summed E-state index contributed by atoms with van der Waals surface area (Å²) in [7, 11) is -4.88. The van der Waals surface area contributed by atoms with Gasteiger partial charge in [0.15, 0.2) is 5.78 Å². The van der Waals surface area contributed by atoms with Crippen LogP contribution in [0.1, 0.15) is 71.1 Å². The Morgan fingerprint density at radius 1 is 1.00 bits per heavy atom. The Kier molecular flexibility index (Phi) is 10.0. The first-order valence-electron chi connectivity index (χ1n) is 7.02. The Hall–Kier alpha value is -0.490. The van der Waals surface area contributed by atoms with Gasteiger partial charge in [-0.3, -0.25) is 9.35 Å². The van der Waals surface area contributed by atoms with Gasteiger partial charge in [0.05, 0.1) is 0 Å². The number of hydrogen-bond acceptors (Lipinski definition) is 3. The van der Waals surface area contributed by atoms with Crippen LogP contribution in [-0.2, 0) is 14.9 Å². The van der Waals surface area contributed by atoms with Crippen molar-refractivity contribution >= 4 is 15.9 Å². The number of unbranched alkanes of at least 4 members (excludes halogenated alkanes) is 8. The molecule has 0 fully saturated rings. The van der Waals surface area contributed by atoms with E-state index >= 15 is 0 Å². The van der Waals surface area contributed by atoms with E-state index in [9.17, 15) is 17.6 Å². The summed E-state index contributed by atoms with van der Waals surface area (Å²) in [4.78, 5) is 11.1. The van der Waals surface area contributed by atoms with E-state index in [4.69, 9.17) is 4.55 Å². The molecule has 0 rings (SSSR count). The molecule has 0 aliphatic carbocycles. The van der Waals surface area contributed by atoms with E-state index in [1.165, 1.54) is 32.1 Å². The SMILES string of the molecule is CCCCCCCCCCCC(=O)C(F)S(=O)(=O)O. The summed E-state index contributed by atoms with van der Waals surface area (Å²) in [6.07, 6.45) is 9.34. The second-order valence-electron chi connectivity index (χ2n) is 4.88. The molecular weight excluding hydrogens is 271 g/mol. The smallest absolute Gasteiger partial charge is 0.295 e. The fourth-order valence-corrected chi connectivity index (χ4v) is 2.34. The van der Waals surface area contributed by atoms with E-state index in [0.717, 1.165) is 19.3 Å². The number of alkyl halides is 1. The Balaban J connectivity index is 3.47. The lowest BCUT2D eigenvalue weighted by molar-refractivity contribution is -0.121. The van der Waals surface area contributed by atoms with Crippen molar-refractivity contribution in [1.82, 2.24) is 0 Å². The van der Waals surface area contributed by atoms with Gasteiger partial charge in [0.25, 0.3) is 5.50 Å². The first-order valence-corrected chi connectivity index (χ1v) is 8.53. The summed E-state index contributed by atoms with van der Waals surface area (Å²) < 4.78 is 42.0. The van der Waals surface area contributed by atoms with E-state index in [2.05, 4.69) is 6.92 Å². The van der Waals surface area contributed by atoms with Crippen LogP contribution in [0.25, 0.3) is 0 Å². The molecule has 1 N–H and O–H groups in total. The van der Waals surface area contributed by atoms with Crippen molar-refractivity contribution < 1.29 is 22.2 Å². The molecule has 1 atom stereocenters. The first-order chi connectivity index (χ1) is 8.89. The lowest BCUT2D eigenvalue weighted by Crippen LogP contribution is -2.25. The Morgan fingerprint density at radius 2 is 1.42 bits per heavy atom. The molecular formula is C13H25FO4S. The number of Topliss-reactive ketones (excluding diaryl/α,β-unsaturated/α-hetero) is 1. The Bertz CT molecular complexity index is 341. The molecule has 6 heteroatoms. The van der Waals surface area contributed by atoms with Gasteiger partial charge in [-0.05, 0) is 6.42 Å². The quantitative estimate of drug-likeness (QED) is 0.440. The average Bonchev–Trinajstić information content (AvgIpc) is 2.34. The molecule has 0 saturated heterocycles. The summed E-state index contributed by atoms with van der Waals surface area (Å²) in [5.41, 5.74) is -2.78. The van der Waals surface area contributed by atoms with Crippen LogP contribution in [-0.4, -0.2) is 24.3 Å². The Morgan fingerprint density at radius 3 is 1.84 bits per heavy atom. The number of ketones is 1. The predicted molar refractivity (Wildman–Crippen MR) is 73.3 cm³/mol. The van der Waals surface area contributed by atoms with Gasteiger partial charge in [0.2, 0.25) is 0 Å². The second-order valence-corrected chi connectivity index (χ2v) is 6.32. The summed E-state index contributed by atoms with van der Waals surface area (Å²) >= 11 is 0. The van der Waals surface area contributed by atoms with Crippen molar-refractivity contribution in [1.29, 1.82) is 0 Å². The van der Waals surface area contributed by atoms with Crippen LogP contribution in [0.3, 0.4) is 0 Å². The standard InChI is InChI=1S/C13H25FO4S/c1-2-3-4-5-6-7-8-9-10-11-12(15)13(14)19(16,17)18/h13H,2-11H2,1H3,(H,16,17,18). The van der Waals surface area contributed by atoms with E-state index < -0.39 is 21.4 Å². The average molecular weight is 296 g/mol. The van der Waals surface area contributed by atoms with Gasteiger partial charge < -0.3 is 0 Å². The normalized spacial score (nSPS) is 13.4. The van der Waals surface area contributed by atoms with Crippen LogP contribution < -0.4 is 0 Å². The van der Waals surface area contributed by atoms with E-state index in [1.54, 1.807) is 0 Å². The third kappa shape index (κ3) is 10.0. The molecule has 0 radical (unpaired) electrons. The van der Waals surface area contributed by atoms with Crippen molar-refractivity contribution in [2.45, 2.75) is 76.6 Å². The fraction of sp³-hybridized carbons (Fsp3) is 0.923. The molecule has 0 bridgehead atoms. The van der Waals surface area contributed by atoms with Crippen LogP contribution in [0.4, 0.5) is 4.39 Å². The Labute approximate surface area is 115 Å². The molecule has 0 aromatic heterocycles. The fourth-order valence-electron chi connectivity index (χ4n) is 1.89. The lowest BCUT2D eigenvalue weighted by Gasteiger charge is -2.04. The highest BCUT2D eigenvalue weighted by molar-refractivity contribution is 7.87. The minimum Gasteiger partial charge on any atom is -0.295 e. The number of carbonyl (C=O) groups is 1. The van der Waals surface area contributed by atoms with Gasteiger partial charge in [0.1, 0.15) is 0 Å². The maximum absolute atomic E-state index is 12.9. The maximum Gasteiger partial charge on any atom is 0.305 e. The van der Waals surface area contributed by atoms with Crippen molar-refractivity contribution in [3.63, 3.8) is 0 Å². The topological polar surface area (TPSA) is 71.4 Å². The highest BCUT2D eigenvalue weighted by Crippen LogP contribution is 2.12. The molecule has 0 aliphatic rings. The van der Waals surface area contributed by atoms with E-state index in [0.29, 0.717) is 6.42 Å². The number of halogens is 1. The van der Waals surface area contributed by atoms with Gasteiger partial charge in [-0.25, -0.2) is 4.39 Å². The minimum atomic E-state index is -4.88. The third-order valence-corrected chi connectivity index (χ3v) is 3.83. The summed E-state index contributed by atoms with van der Waals surface area (Å²) in [6.45, 7) is 2.17. The second kappa shape index (κ2) is 10.3. The zero-order chi connectivity index (χ0) is 14.7. The van der Waals surface area contributed by atoms with Gasteiger partial charge in [-0.2, -0.15) is 8.42 Å². The summed E-state index contributed by atoms with van der Waals surface area (Å²) in [5, 5.41) is 0. The molecule has 0 aromatic carbocycles. The third-order valence-electron chi connectivity index (χ3n) is 3.04. The molecule has 0 aliphatic heterocycles. The molecule has 114 valence electrons. The largest absolute Gasteiger partial charge is 0.305 e. The van der Waals surface area contributed by atoms with Crippen LogP contribution in [0, 0.1) is 0 Å². The lowest BCUT2D eigenvalue weighted by atomic mass is 10.1. The van der Waals surface area contributed by atoms with Gasteiger partial charge in [0, 0.05) is 6.42 Å². The zero-order valence-electron chi connectivity index (χ0n) is 11.6. The maximum atomic E-state index is 12.9. The molecule has 0 amide bonds. The highest BCUT2D eigenvalue weighted by Gasteiger charge is 2.29. The van der Waals surface area contributed by atoms with Crippen molar-refractivity contribution in [2.24, 2.45) is 0 Å². The van der Waals surface area contributed by atoms with E-state index in [1.807, 2.05) is 0 Å². The van der Waals surface area contributed by atoms with Crippen molar-refractivity contribution in [3.05, 3.63) is 0 Å². The van der Waals surface area contributed by atoms with Crippen LogP contribution >= 0.6 is 0 Å². The molecule has 0 aromatic rings. The first kappa shape index (κ1) is 18.5. The highest BCUT2D eigenvalue weighted by atomic mass is 32.2. The minimum absolute atomic E-state index is 0.128. The van der Waals surface area contributed by atoms with Gasteiger partial charge >= 0.3 is 10.1 Å². The summed E-state index contributed by atoms with van der Waals surface area (Å²) in [5.74, 6) is -1.05. The van der Waals surface area contributed by atoms with Gasteiger partial charge in [-0.1, -0.05) is 58.3 Å². The van der Waals surface area contributed by atoms with Gasteiger partial charge in [-0.15, -0.1) is 0 Å². The number of hydrogen-bond donors (Lipinski definition) is 1. The molecule has 0 spiro atoms. The number of rotatable bonds is 12. The van der Waals surface area contributed by atoms with Crippen LogP contribution in [0.15, 0.2) is 0 Å². The zero-order valence-corrected chi connectivity index (χ0v) is 12.4. The summed E-state index contributed by atoms with van der Waals surface area (Å²) in [6, 6.07) is 0. The molecule has 0 heterocycles. The monoisotopic (exact) mass is 296 g/mol. The molecule has 1 unspecified atom stereocenters. The van der Waals surface area contributed by atoms with Crippen LogP contribution in [0.2, 0.25) is 0 Å². The number of carbonyl (C=O) groups excluding carboxylic acids is 1. The molecule has 4 nitrogen and oxygen atoms in total. The predicted octanol–water partition coefficient (Wildman–Crippen LogP) is 3.66. The van der Waals surface area contributed by atoms with Crippen molar-refractivity contribution in [3.8, 4) is 0 Å². The van der Waals surface area contributed by atoms with Crippen molar-refractivity contribution in [2.75, 3.05) is 0 Å². The van der Waals surface area contributed by atoms with Crippen LogP contribution in [0.5, 0.6) is 0 Å². The molecule has 0 saturated carbocycles.